The number of anilines is 2. The summed E-state index contributed by atoms with van der Waals surface area (Å²) in [6.45, 7) is 6.82. The summed E-state index contributed by atoms with van der Waals surface area (Å²) in [4.78, 5) is 18.9. The Hall–Kier alpha value is -2.33. The first-order chi connectivity index (χ1) is 16.3. The van der Waals surface area contributed by atoms with Crippen LogP contribution in [0.4, 0.5) is 24.7 Å². The van der Waals surface area contributed by atoms with Crippen molar-refractivity contribution in [1.29, 1.82) is 0 Å². The predicted molar refractivity (Wildman–Crippen MR) is 133 cm³/mol. The second-order valence-electron chi connectivity index (χ2n) is 8.47. The first-order valence-corrected chi connectivity index (χ1v) is 13.7. The molecule has 1 aromatic heterocycles. The Bertz CT molecular complexity index is 1130. The lowest BCUT2D eigenvalue weighted by molar-refractivity contribution is -0.120. The summed E-state index contributed by atoms with van der Waals surface area (Å²) in [5.74, 6) is -1.23. The van der Waals surface area contributed by atoms with Crippen molar-refractivity contribution in [2.75, 3.05) is 29.0 Å². The van der Waals surface area contributed by atoms with Crippen molar-refractivity contribution in [1.82, 2.24) is 4.98 Å². The van der Waals surface area contributed by atoms with Gasteiger partial charge in [0, 0.05) is 25.4 Å². The van der Waals surface area contributed by atoms with Crippen LogP contribution in [0.25, 0.3) is 0 Å². The van der Waals surface area contributed by atoms with E-state index in [-0.39, 0.29) is 24.3 Å². The maximum atomic E-state index is 14.4. The van der Waals surface area contributed by atoms with E-state index in [0.717, 1.165) is 25.2 Å². The molecule has 2 rings (SSSR count). The summed E-state index contributed by atoms with van der Waals surface area (Å²) in [5.41, 5.74) is 0.305. The third-order valence-corrected chi connectivity index (χ3v) is 6.23. The fourth-order valence-electron chi connectivity index (χ4n) is 3.71. The summed E-state index contributed by atoms with van der Waals surface area (Å²) in [5, 5.41) is -3.61. The topological polar surface area (TPSA) is 79.4 Å². The highest BCUT2D eigenvalue weighted by molar-refractivity contribution is 7.92. The summed E-state index contributed by atoms with van der Waals surface area (Å²) in [6, 6.07) is 6.59. The van der Waals surface area contributed by atoms with Crippen molar-refractivity contribution >= 4 is 38.9 Å². The van der Waals surface area contributed by atoms with Gasteiger partial charge < -0.3 is 4.90 Å². The highest BCUT2D eigenvalue weighted by atomic mass is 35.5. The Kier molecular flexibility index (Phi) is 9.97. The number of nitrogens with one attached hydrogen (secondary N) is 1. The van der Waals surface area contributed by atoms with E-state index in [4.69, 9.17) is 11.6 Å². The van der Waals surface area contributed by atoms with Crippen LogP contribution < -0.4 is 9.62 Å². The third kappa shape index (κ3) is 8.38. The zero-order valence-corrected chi connectivity index (χ0v) is 21.8. The summed E-state index contributed by atoms with van der Waals surface area (Å²) < 4.78 is 66.6. The highest BCUT2D eigenvalue weighted by Gasteiger charge is 2.31. The number of halogens is 4. The average molecular weight is 534 g/mol. The fourth-order valence-corrected chi connectivity index (χ4v) is 4.38. The summed E-state index contributed by atoms with van der Waals surface area (Å²) in [7, 11) is -3.64. The van der Waals surface area contributed by atoms with Gasteiger partial charge >= 0.3 is 5.38 Å². The van der Waals surface area contributed by atoms with Gasteiger partial charge in [-0.25, -0.2) is 17.8 Å². The van der Waals surface area contributed by atoms with E-state index in [9.17, 15) is 26.4 Å². The number of carbonyl (C=O) groups excluding carboxylic acids is 1. The molecule has 194 valence electrons. The molecule has 0 radical (unpaired) electrons. The molecule has 0 bridgehead atoms. The van der Waals surface area contributed by atoms with Crippen LogP contribution >= 0.6 is 11.6 Å². The maximum Gasteiger partial charge on any atom is 0.364 e. The largest absolute Gasteiger partial charge is 0.364 e. The quantitative estimate of drug-likeness (QED) is 0.329. The van der Waals surface area contributed by atoms with Gasteiger partial charge in [0.2, 0.25) is 10.0 Å². The van der Waals surface area contributed by atoms with Crippen LogP contribution in [-0.4, -0.2) is 38.5 Å². The van der Waals surface area contributed by atoms with Crippen molar-refractivity contribution in [2.45, 2.75) is 57.8 Å². The van der Waals surface area contributed by atoms with Crippen LogP contribution in [-0.2, 0) is 26.6 Å². The first-order valence-electron chi connectivity index (χ1n) is 11.4. The molecule has 1 heterocycles. The van der Waals surface area contributed by atoms with E-state index >= 15 is 0 Å². The number of rotatable bonds is 13. The minimum atomic E-state index is -3.64. The molecule has 0 aliphatic heterocycles. The predicted octanol–water partition coefficient (Wildman–Crippen LogP) is 5.81. The first kappa shape index (κ1) is 28.9. The van der Waals surface area contributed by atoms with Crippen molar-refractivity contribution in [3.8, 4) is 0 Å². The van der Waals surface area contributed by atoms with Crippen LogP contribution in [0.15, 0.2) is 30.3 Å². The van der Waals surface area contributed by atoms with Crippen LogP contribution in [0.3, 0.4) is 0 Å². The van der Waals surface area contributed by atoms with Crippen molar-refractivity contribution < 1.29 is 26.4 Å². The Labute approximate surface area is 209 Å². The number of pyridine rings is 1. The third-order valence-electron chi connectivity index (χ3n) is 5.45. The number of Topliss-reactive ketones (excluding diaryl/α,β-unsaturated/α-hetero) is 1. The molecule has 0 fully saturated rings. The van der Waals surface area contributed by atoms with Crippen LogP contribution in [0, 0.1) is 5.82 Å². The molecule has 6 nitrogen and oxygen atoms in total. The molecule has 0 aliphatic rings. The minimum absolute atomic E-state index is 0.0868. The molecular weight excluding hydrogens is 503 g/mol. The zero-order valence-electron chi connectivity index (χ0n) is 20.2. The monoisotopic (exact) mass is 533 g/mol. The van der Waals surface area contributed by atoms with Gasteiger partial charge in [-0.2, -0.15) is 8.78 Å². The zero-order chi connectivity index (χ0) is 26.4. The second kappa shape index (κ2) is 12.1. The molecule has 1 unspecified atom stereocenters. The smallest absolute Gasteiger partial charge is 0.356 e. The van der Waals surface area contributed by atoms with Gasteiger partial charge in [-0.05, 0) is 60.2 Å². The van der Waals surface area contributed by atoms with E-state index < -0.39 is 32.8 Å². The van der Waals surface area contributed by atoms with Gasteiger partial charge in [0.1, 0.15) is 23.1 Å². The highest BCUT2D eigenvalue weighted by Crippen LogP contribution is 2.34. The lowest BCUT2D eigenvalue weighted by atomic mass is 9.92. The van der Waals surface area contributed by atoms with Crippen molar-refractivity contribution in [3.05, 3.63) is 53.0 Å². The Morgan fingerprint density at radius 3 is 2.31 bits per heavy atom. The number of aromatic nitrogens is 1. The lowest BCUT2D eigenvalue weighted by Gasteiger charge is -2.26. The minimum Gasteiger partial charge on any atom is -0.356 e. The number of benzene rings is 1. The Morgan fingerprint density at radius 1 is 1.17 bits per heavy atom. The van der Waals surface area contributed by atoms with Gasteiger partial charge in [0.25, 0.3) is 0 Å². The van der Waals surface area contributed by atoms with Gasteiger partial charge in [0.15, 0.2) is 0 Å². The summed E-state index contributed by atoms with van der Waals surface area (Å²) in [6.07, 6.45) is 2.84. The number of nitrogens with zero attached hydrogens (tertiary/aromatic N) is 2. The molecule has 11 heteroatoms. The van der Waals surface area contributed by atoms with Crippen molar-refractivity contribution in [3.63, 3.8) is 0 Å². The molecule has 0 saturated heterocycles. The number of hydrogen-bond donors (Lipinski definition) is 1. The SMILES string of the molecule is CCCN(CCC)c1nc(C(F)(F)Cl)ccc1CCC(=O)C(C)c1ccc(NS(C)(=O)=O)c(F)c1. The molecule has 1 aromatic carbocycles. The Balaban J connectivity index is 2.24. The second-order valence-corrected chi connectivity index (χ2v) is 10.7. The normalized spacial score (nSPS) is 12.9. The van der Waals surface area contributed by atoms with E-state index in [0.29, 0.717) is 30.0 Å². The van der Waals surface area contributed by atoms with Gasteiger partial charge in [-0.1, -0.05) is 32.9 Å². The van der Waals surface area contributed by atoms with E-state index in [1.54, 1.807) is 6.92 Å². The number of ketones is 1. The molecule has 0 aliphatic carbocycles. The number of sulfonamides is 1. The fraction of sp³-hybridized carbons (Fsp3) is 0.500. The van der Waals surface area contributed by atoms with Gasteiger partial charge in [0.05, 0.1) is 11.9 Å². The van der Waals surface area contributed by atoms with Crippen LogP contribution in [0.1, 0.15) is 62.8 Å². The molecule has 2 aromatic rings. The molecule has 0 amide bonds. The number of carbonyl (C=O) groups is 1. The van der Waals surface area contributed by atoms with Crippen molar-refractivity contribution in [2.24, 2.45) is 0 Å². The molecule has 0 saturated carbocycles. The average Bonchev–Trinajstić information content (AvgIpc) is 2.76. The van der Waals surface area contributed by atoms with E-state index in [2.05, 4.69) is 9.71 Å². The molecule has 1 N–H and O–H groups in total. The molecule has 0 spiro atoms. The Morgan fingerprint density at radius 2 is 1.80 bits per heavy atom. The number of hydrogen-bond acceptors (Lipinski definition) is 5. The van der Waals surface area contributed by atoms with E-state index in [1.807, 2.05) is 18.7 Å². The number of aryl methyl sites for hydroxylation is 1. The maximum absolute atomic E-state index is 14.4. The number of alkyl halides is 3. The van der Waals surface area contributed by atoms with E-state index in [1.165, 1.54) is 24.3 Å². The van der Waals surface area contributed by atoms with Gasteiger partial charge in [-0.3, -0.25) is 9.52 Å². The molecular formula is C24H31ClF3N3O3S. The van der Waals surface area contributed by atoms with Gasteiger partial charge in [-0.15, -0.1) is 0 Å². The van der Waals surface area contributed by atoms with Crippen LogP contribution in [0.2, 0.25) is 0 Å². The lowest BCUT2D eigenvalue weighted by Crippen LogP contribution is -2.28. The standard InChI is InChI=1S/C24H31ClF3N3O3S/c1-5-13-31(14-6-2)23-17(9-12-22(29-23)24(25,27)28)8-11-21(32)16(3)18-7-10-20(19(26)15-18)30-35(4,33)34/h7,9-10,12,15-16,30H,5-6,8,11,13-14H2,1-4H3. The van der Waals surface area contributed by atoms with Crippen LogP contribution in [0.5, 0.6) is 0 Å². The summed E-state index contributed by atoms with van der Waals surface area (Å²) >= 11 is 5.20. The molecule has 35 heavy (non-hydrogen) atoms. The molecule has 1 atom stereocenters.